The van der Waals surface area contributed by atoms with E-state index in [-0.39, 0.29) is 5.91 Å². The third-order valence-corrected chi connectivity index (χ3v) is 5.37. The van der Waals surface area contributed by atoms with Crippen molar-refractivity contribution in [3.63, 3.8) is 0 Å². The molecular formula is C18H24N4O. The van der Waals surface area contributed by atoms with E-state index < -0.39 is 0 Å². The Balaban J connectivity index is 1.35. The molecule has 2 aliphatic heterocycles. The lowest BCUT2D eigenvalue weighted by Crippen LogP contribution is -2.39. The van der Waals surface area contributed by atoms with E-state index in [1.165, 1.54) is 12.8 Å². The van der Waals surface area contributed by atoms with Gasteiger partial charge >= 0.3 is 0 Å². The van der Waals surface area contributed by atoms with Gasteiger partial charge in [0.05, 0.1) is 17.6 Å². The lowest BCUT2D eigenvalue weighted by molar-refractivity contribution is -0.122. The molecular weight excluding hydrogens is 288 g/mol. The summed E-state index contributed by atoms with van der Waals surface area (Å²) < 4.78 is 2.06. The predicted molar refractivity (Wildman–Crippen MR) is 89.8 cm³/mol. The molecule has 2 aliphatic rings. The van der Waals surface area contributed by atoms with Crippen molar-refractivity contribution in [3.8, 4) is 0 Å². The van der Waals surface area contributed by atoms with Crippen LogP contribution < -0.4 is 10.6 Å². The topological polar surface area (TPSA) is 59.0 Å². The first-order chi connectivity index (χ1) is 11.2. The van der Waals surface area contributed by atoms with Crippen LogP contribution in [-0.4, -0.2) is 27.5 Å². The number of hydrogen-bond donors (Lipinski definition) is 2. The Kier molecular flexibility index (Phi) is 3.81. The summed E-state index contributed by atoms with van der Waals surface area (Å²) >= 11 is 0. The second-order valence-electron chi connectivity index (χ2n) is 7.03. The average molecular weight is 312 g/mol. The minimum atomic E-state index is 0.156. The molecule has 1 aromatic heterocycles. The minimum absolute atomic E-state index is 0.156. The highest BCUT2D eigenvalue weighted by molar-refractivity contribution is 5.77. The van der Waals surface area contributed by atoms with Crippen LogP contribution in [0.5, 0.6) is 0 Å². The van der Waals surface area contributed by atoms with Crippen LogP contribution in [-0.2, 0) is 18.4 Å². The molecule has 3 heterocycles. The van der Waals surface area contributed by atoms with E-state index in [9.17, 15) is 4.79 Å². The van der Waals surface area contributed by atoms with Crippen LogP contribution in [0, 0.1) is 5.92 Å². The Bertz CT molecular complexity index is 711. The highest BCUT2D eigenvalue weighted by Crippen LogP contribution is 2.32. The number of benzene rings is 1. The number of para-hydroxylation sites is 2. The summed E-state index contributed by atoms with van der Waals surface area (Å²) in [7, 11) is 2.00. The van der Waals surface area contributed by atoms with Crippen molar-refractivity contribution in [1.29, 1.82) is 0 Å². The predicted octanol–water partition coefficient (Wildman–Crippen LogP) is 2.11. The van der Waals surface area contributed by atoms with Crippen LogP contribution in [0.1, 0.15) is 37.9 Å². The molecule has 2 aromatic rings. The number of carbonyl (C=O) groups excluding carboxylic acids is 1. The molecule has 1 aromatic carbocycles. The molecule has 2 N–H and O–H groups in total. The third kappa shape index (κ3) is 2.98. The van der Waals surface area contributed by atoms with Gasteiger partial charge in [0, 0.05) is 25.6 Å². The molecule has 5 heteroatoms. The van der Waals surface area contributed by atoms with Gasteiger partial charge in [-0.05, 0) is 43.7 Å². The summed E-state index contributed by atoms with van der Waals surface area (Å²) in [6.07, 6.45) is 5.51. The fraction of sp³-hybridized carbons (Fsp3) is 0.556. The maximum Gasteiger partial charge on any atom is 0.220 e. The molecule has 0 aliphatic carbocycles. The van der Waals surface area contributed by atoms with Crippen LogP contribution in [0.25, 0.3) is 11.0 Å². The average Bonchev–Trinajstić information content (AvgIpc) is 3.05. The maximum atomic E-state index is 12.3. The molecule has 2 atom stereocenters. The van der Waals surface area contributed by atoms with Crippen molar-refractivity contribution in [1.82, 2.24) is 20.2 Å². The highest BCUT2D eigenvalue weighted by Gasteiger charge is 2.34. The van der Waals surface area contributed by atoms with Gasteiger partial charge in [0.15, 0.2) is 0 Å². The molecule has 2 bridgehead atoms. The summed E-state index contributed by atoms with van der Waals surface area (Å²) in [5.74, 6) is 1.60. The van der Waals surface area contributed by atoms with Crippen molar-refractivity contribution in [3.05, 3.63) is 30.1 Å². The van der Waals surface area contributed by atoms with Gasteiger partial charge in [-0.3, -0.25) is 4.79 Å². The fourth-order valence-electron chi connectivity index (χ4n) is 4.21. The summed E-state index contributed by atoms with van der Waals surface area (Å²) in [6.45, 7) is 0.502. The smallest absolute Gasteiger partial charge is 0.220 e. The second-order valence-corrected chi connectivity index (χ2v) is 7.03. The van der Waals surface area contributed by atoms with E-state index in [2.05, 4.69) is 26.3 Å². The van der Waals surface area contributed by atoms with E-state index in [4.69, 9.17) is 0 Å². The van der Waals surface area contributed by atoms with Crippen molar-refractivity contribution in [2.75, 3.05) is 0 Å². The number of carbonyl (C=O) groups is 1. The summed E-state index contributed by atoms with van der Waals surface area (Å²) in [5.41, 5.74) is 2.08. The molecule has 1 amide bonds. The van der Waals surface area contributed by atoms with E-state index in [1.54, 1.807) is 0 Å². The van der Waals surface area contributed by atoms with E-state index in [0.717, 1.165) is 29.7 Å². The van der Waals surface area contributed by atoms with Gasteiger partial charge in [0.25, 0.3) is 0 Å². The van der Waals surface area contributed by atoms with Crippen LogP contribution in [0.2, 0.25) is 0 Å². The van der Waals surface area contributed by atoms with Crippen LogP contribution in [0.4, 0.5) is 0 Å². The van der Waals surface area contributed by atoms with Crippen molar-refractivity contribution in [2.45, 2.75) is 50.7 Å². The molecule has 4 rings (SSSR count). The standard InChI is InChI=1S/C18H24N4O/c1-22-16-5-3-2-4-15(16)21-17(22)11-19-18(23)10-12-8-13-6-7-14(9-12)20-13/h2-5,12-14,20H,6-11H2,1H3,(H,19,23). The maximum absolute atomic E-state index is 12.3. The van der Waals surface area contributed by atoms with Crippen LogP contribution in [0.15, 0.2) is 24.3 Å². The molecule has 2 unspecified atom stereocenters. The van der Waals surface area contributed by atoms with Gasteiger partial charge < -0.3 is 15.2 Å². The normalized spacial score (nSPS) is 26.6. The van der Waals surface area contributed by atoms with E-state index >= 15 is 0 Å². The number of rotatable bonds is 4. The lowest BCUT2D eigenvalue weighted by atomic mass is 9.89. The van der Waals surface area contributed by atoms with Crippen LogP contribution in [0.3, 0.4) is 0 Å². The summed E-state index contributed by atoms with van der Waals surface area (Å²) in [4.78, 5) is 16.9. The lowest BCUT2D eigenvalue weighted by Gasteiger charge is -2.28. The van der Waals surface area contributed by atoms with Crippen molar-refractivity contribution < 1.29 is 4.79 Å². The van der Waals surface area contributed by atoms with Crippen LogP contribution >= 0.6 is 0 Å². The number of imidazole rings is 1. The molecule has 23 heavy (non-hydrogen) atoms. The van der Waals surface area contributed by atoms with E-state index in [1.807, 2.05) is 25.2 Å². The monoisotopic (exact) mass is 312 g/mol. The van der Waals surface area contributed by atoms with Gasteiger partial charge in [0.2, 0.25) is 5.91 Å². The Hall–Kier alpha value is -1.88. The SMILES string of the molecule is Cn1c(CNC(=O)CC2CC3CCC(C2)N3)nc2ccccc21. The number of fused-ring (bicyclic) bond motifs is 3. The molecule has 0 radical (unpaired) electrons. The Labute approximate surface area is 136 Å². The van der Waals surface area contributed by atoms with Crippen molar-refractivity contribution >= 4 is 16.9 Å². The van der Waals surface area contributed by atoms with Gasteiger partial charge in [-0.15, -0.1) is 0 Å². The molecule has 2 fully saturated rings. The van der Waals surface area contributed by atoms with Crippen molar-refractivity contribution in [2.24, 2.45) is 13.0 Å². The first-order valence-electron chi connectivity index (χ1n) is 8.62. The fourth-order valence-corrected chi connectivity index (χ4v) is 4.21. The first kappa shape index (κ1) is 14.7. The summed E-state index contributed by atoms with van der Waals surface area (Å²) in [6, 6.07) is 9.35. The van der Waals surface area contributed by atoms with Gasteiger partial charge in [-0.1, -0.05) is 12.1 Å². The summed E-state index contributed by atoms with van der Waals surface area (Å²) in [5, 5.41) is 6.68. The molecule has 2 saturated heterocycles. The molecule has 122 valence electrons. The Morgan fingerprint density at radius 1 is 1.30 bits per heavy atom. The number of piperidine rings is 1. The van der Waals surface area contributed by atoms with E-state index in [0.29, 0.717) is 31.0 Å². The van der Waals surface area contributed by atoms with Gasteiger partial charge in [0.1, 0.15) is 5.82 Å². The Morgan fingerprint density at radius 3 is 2.78 bits per heavy atom. The van der Waals surface area contributed by atoms with Gasteiger partial charge in [-0.2, -0.15) is 0 Å². The number of nitrogens with zero attached hydrogens (tertiary/aromatic N) is 2. The number of amides is 1. The molecule has 5 nitrogen and oxygen atoms in total. The second kappa shape index (κ2) is 5.96. The zero-order valence-electron chi connectivity index (χ0n) is 13.6. The quantitative estimate of drug-likeness (QED) is 0.909. The molecule has 0 saturated carbocycles. The third-order valence-electron chi connectivity index (χ3n) is 5.37. The zero-order chi connectivity index (χ0) is 15.8. The number of aryl methyl sites for hydroxylation is 1. The zero-order valence-corrected chi connectivity index (χ0v) is 13.6. The highest BCUT2D eigenvalue weighted by atomic mass is 16.1. The first-order valence-corrected chi connectivity index (χ1v) is 8.62. The number of nitrogens with one attached hydrogen (secondary N) is 2. The minimum Gasteiger partial charge on any atom is -0.349 e. The number of aromatic nitrogens is 2. The molecule has 0 spiro atoms. The largest absolute Gasteiger partial charge is 0.349 e. The Morgan fingerprint density at radius 2 is 2.04 bits per heavy atom. The number of hydrogen-bond acceptors (Lipinski definition) is 3. The van der Waals surface area contributed by atoms with Gasteiger partial charge in [-0.25, -0.2) is 4.98 Å².